The van der Waals surface area contributed by atoms with Crippen molar-refractivity contribution in [3.8, 4) is 0 Å². The van der Waals surface area contributed by atoms with E-state index in [-0.39, 0.29) is 12.0 Å². The molecule has 0 aliphatic rings. The maximum atomic E-state index is 6.38. The Hall–Kier alpha value is -1.15. The summed E-state index contributed by atoms with van der Waals surface area (Å²) >= 11 is 4.35. The molecule has 0 saturated carbocycles. The highest BCUT2D eigenvalue weighted by Gasteiger charge is 2.25. The van der Waals surface area contributed by atoms with E-state index in [0.717, 1.165) is 23.5 Å². The predicted octanol–water partition coefficient (Wildman–Crippen LogP) is 3.08. The SMILES string of the molecule is NC(c1ccsn1)C(Cc1ccsn1)c1ccsn1. The summed E-state index contributed by atoms with van der Waals surface area (Å²) in [7, 11) is 0. The van der Waals surface area contributed by atoms with Crippen molar-refractivity contribution >= 4 is 34.6 Å². The summed E-state index contributed by atoms with van der Waals surface area (Å²) in [6.07, 6.45) is 0.798. The molecular weight excluding hydrogens is 296 g/mol. The standard InChI is InChI=1S/C12H12N4S3/c13-12(11-3-6-19-16-11)9(10-2-5-18-15-10)7-8-1-4-17-14-8/h1-6,9,12H,7,13H2. The van der Waals surface area contributed by atoms with Gasteiger partial charge in [0.1, 0.15) is 0 Å². The van der Waals surface area contributed by atoms with E-state index in [1.807, 2.05) is 34.3 Å². The first-order valence-electron chi connectivity index (χ1n) is 5.80. The minimum absolute atomic E-state index is 0.121. The average molecular weight is 308 g/mol. The summed E-state index contributed by atoms with van der Waals surface area (Å²) in [5.74, 6) is 0.121. The van der Waals surface area contributed by atoms with E-state index < -0.39 is 0 Å². The molecule has 3 rings (SSSR count). The lowest BCUT2D eigenvalue weighted by Crippen LogP contribution is -2.22. The maximum absolute atomic E-state index is 6.38. The fourth-order valence-corrected chi connectivity index (χ4v) is 3.69. The average Bonchev–Trinajstić information content (AvgIpc) is 3.15. The van der Waals surface area contributed by atoms with E-state index in [4.69, 9.17) is 5.73 Å². The van der Waals surface area contributed by atoms with Crippen LogP contribution in [0.15, 0.2) is 34.3 Å². The van der Waals surface area contributed by atoms with Gasteiger partial charge in [0, 0.05) is 28.5 Å². The van der Waals surface area contributed by atoms with E-state index >= 15 is 0 Å². The van der Waals surface area contributed by atoms with Crippen LogP contribution in [0.3, 0.4) is 0 Å². The number of hydrogen-bond donors (Lipinski definition) is 1. The van der Waals surface area contributed by atoms with Crippen molar-refractivity contribution in [2.75, 3.05) is 0 Å². The van der Waals surface area contributed by atoms with Crippen LogP contribution < -0.4 is 5.73 Å². The van der Waals surface area contributed by atoms with Gasteiger partial charge in [0.05, 0.1) is 23.1 Å². The Morgan fingerprint density at radius 2 is 1.53 bits per heavy atom. The third-order valence-electron chi connectivity index (χ3n) is 2.99. The van der Waals surface area contributed by atoms with E-state index in [9.17, 15) is 0 Å². The zero-order chi connectivity index (χ0) is 13.1. The predicted molar refractivity (Wildman–Crippen MR) is 79.7 cm³/mol. The molecule has 0 saturated heterocycles. The summed E-state index contributed by atoms with van der Waals surface area (Å²) in [6.45, 7) is 0. The quantitative estimate of drug-likeness (QED) is 0.786. The molecule has 0 fully saturated rings. The largest absolute Gasteiger partial charge is 0.322 e. The Balaban J connectivity index is 1.88. The molecule has 0 amide bonds. The van der Waals surface area contributed by atoms with Crippen LogP contribution in [-0.4, -0.2) is 13.1 Å². The van der Waals surface area contributed by atoms with Gasteiger partial charge in [-0.05, 0) is 52.8 Å². The minimum atomic E-state index is -0.143. The Labute approximate surface area is 123 Å². The Morgan fingerprint density at radius 1 is 0.895 bits per heavy atom. The van der Waals surface area contributed by atoms with Gasteiger partial charge in [0.2, 0.25) is 0 Å². The topological polar surface area (TPSA) is 64.7 Å². The van der Waals surface area contributed by atoms with Crippen LogP contribution in [-0.2, 0) is 6.42 Å². The first-order chi connectivity index (χ1) is 9.34. The molecule has 3 aromatic heterocycles. The van der Waals surface area contributed by atoms with Gasteiger partial charge >= 0.3 is 0 Å². The summed E-state index contributed by atoms with van der Waals surface area (Å²) in [5, 5.41) is 5.93. The van der Waals surface area contributed by atoms with Crippen LogP contribution in [0, 0.1) is 0 Å². The van der Waals surface area contributed by atoms with E-state index in [1.165, 1.54) is 34.6 Å². The van der Waals surface area contributed by atoms with Crippen LogP contribution >= 0.6 is 34.6 Å². The van der Waals surface area contributed by atoms with Gasteiger partial charge < -0.3 is 5.73 Å². The maximum Gasteiger partial charge on any atom is 0.0716 e. The third-order valence-corrected chi connectivity index (χ3v) is 4.74. The molecule has 98 valence electrons. The first kappa shape index (κ1) is 12.9. The molecule has 0 aliphatic heterocycles. The van der Waals surface area contributed by atoms with Crippen molar-refractivity contribution in [1.82, 2.24) is 13.1 Å². The van der Waals surface area contributed by atoms with Crippen LogP contribution in [0.5, 0.6) is 0 Å². The highest BCUT2D eigenvalue weighted by atomic mass is 32.1. The third kappa shape index (κ3) is 2.89. The van der Waals surface area contributed by atoms with E-state index in [2.05, 4.69) is 13.1 Å². The van der Waals surface area contributed by atoms with Gasteiger partial charge in [-0.25, -0.2) is 0 Å². The second kappa shape index (κ2) is 5.87. The van der Waals surface area contributed by atoms with Crippen LogP contribution in [0.25, 0.3) is 0 Å². The van der Waals surface area contributed by atoms with Crippen molar-refractivity contribution in [3.63, 3.8) is 0 Å². The molecule has 19 heavy (non-hydrogen) atoms. The molecule has 2 atom stereocenters. The Morgan fingerprint density at radius 3 is 2.11 bits per heavy atom. The minimum Gasteiger partial charge on any atom is -0.322 e. The van der Waals surface area contributed by atoms with Gasteiger partial charge in [0.15, 0.2) is 0 Å². The second-order valence-corrected chi connectivity index (χ2v) is 6.17. The number of nitrogens with zero attached hydrogens (tertiary/aromatic N) is 3. The normalized spacial score (nSPS) is 14.4. The van der Waals surface area contributed by atoms with Crippen molar-refractivity contribution in [3.05, 3.63) is 51.4 Å². The summed E-state index contributed by atoms with van der Waals surface area (Å²) < 4.78 is 13.2. The zero-order valence-corrected chi connectivity index (χ0v) is 12.4. The Kier molecular flexibility index (Phi) is 3.97. The number of rotatable bonds is 5. The highest BCUT2D eigenvalue weighted by Crippen LogP contribution is 2.31. The van der Waals surface area contributed by atoms with Gasteiger partial charge in [0.25, 0.3) is 0 Å². The van der Waals surface area contributed by atoms with E-state index in [1.54, 1.807) is 0 Å². The van der Waals surface area contributed by atoms with Crippen molar-refractivity contribution in [1.29, 1.82) is 0 Å². The molecule has 0 spiro atoms. The zero-order valence-electron chi connectivity index (χ0n) is 9.97. The molecule has 0 bridgehead atoms. The van der Waals surface area contributed by atoms with Crippen molar-refractivity contribution in [2.24, 2.45) is 5.73 Å². The summed E-state index contributed by atoms with van der Waals surface area (Å²) in [5.41, 5.74) is 9.39. The number of nitrogens with two attached hydrogens (primary N) is 1. The van der Waals surface area contributed by atoms with Gasteiger partial charge in [-0.3, -0.25) is 0 Å². The van der Waals surface area contributed by atoms with Gasteiger partial charge in [-0.1, -0.05) is 0 Å². The van der Waals surface area contributed by atoms with Gasteiger partial charge in [-0.15, -0.1) is 0 Å². The number of aromatic nitrogens is 3. The molecular formula is C12H12N4S3. The second-order valence-electron chi connectivity index (χ2n) is 4.18. The van der Waals surface area contributed by atoms with Crippen molar-refractivity contribution in [2.45, 2.75) is 18.4 Å². The molecule has 3 aromatic rings. The van der Waals surface area contributed by atoms with E-state index in [0.29, 0.717) is 0 Å². The summed E-state index contributed by atoms with van der Waals surface area (Å²) in [4.78, 5) is 0. The molecule has 2 N–H and O–H groups in total. The number of hydrogen-bond acceptors (Lipinski definition) is 7. The molecule has 7 heteroatoms. The highest BCUT2D eigenvalue weighted by molar-refractivity contribution is 7.04. The fraction of sp³-hybridized carbons (Fsp3) is 0.250. The molecule has 0 aromatic carbocycles. The van der Waals surface area contributed by atoms with Crippen LogP contribution in [0.2, 0.25) is 0 Å². The molecule has 0 aliphatic carbocycles. The molecule has 3 heterocycles. The first-order valence-corrected chi connectivity index (χ1v) is 8.31. The van der Waals surface area contributed by atoms with Crippen molar-refractivity contribution < 1.29 is 0 Å². The van der Waals surface area contributed by atoms with Crippen LogP contribution in [0.4, 0.5) is 0 Å². The monoisotopic (exact) mass is 308 g/mol. The molecule has 2 unspecified atom stereocenters. The molecule has 4 nitrogen and oxygen atoms in total. The van der Waals surface area contributed by atoms with Gasteiger partial charge in [-0.2, -0.15) is 13.1 Å². The Bertz CT molecular complexity index is 589. The lowest BCUT2D eigenvalue weighted by atomic mass is 9.90. The smallest absolute Gasteiger partial charge is 0.0716 e. The lowest BCUT2D eigenvalue weighted by molar-refractivity contribution is 0.531. The summed E-state index contributed by atoms with van der Waals surface area (Å²) in [6, 6.07) is 5.91. The fourth-order valence-electron chi connectivity index (χ4n) is 2.00. The lowest BCUT2D eigenvalue weighted by Gasteiger charge is -2.20. The molecule has 0 radical (unpaired) electrons. The van der Waals surface area contributed by atoms with Crippen LogP contribution in [0.1, 0.15) is 29.0 Å².